The van der Waals surface area contributed by atoms with Crippen LogP contribution in [0, 0.1) is 5.82 Å². The van der Waals surface area contributed by atoms with Crippen molar-refractivity contribution in [3.8, 4) is 11.3 Å². The Hall–Kier alpha value is -3.62. The second kappa shape index (κ2) is 8.17. The SMILES string of the molecule is CC[C@H](CCNC(=O)c1cc(-c2ccc(F)cc2)nc2ncnn12)n1cccn1. The summed E-state index contributed by atoms with van der Waals surface area (Å²) in [5.74, 6) is -0.306. The summed E-state index contributed by atoms with van der Waals surface area (Å²) in [5, 5.41) is 11.3. The highest BCUT2D eigenvalue weighted by molar-refractivity contribution is 5.94. The molecule has 8 nitrogen and oxygen atoms in total. The molecule has 0 fully saturated rings. The molecule has 0 saturated carbocycles. The molecule has 0 radical (unpaired) electrons. The molecule has 1 atom stereocenters. The van der Waals surface area contributed by atoms with Crippen LogP contribution >= 0.6 is 0 Å². The number of aromatic nitrogens is 6. The Morgan fingerprint density at radius 2 is 2.07 bits per heavy atom. The van der Waals surface area contributed by atoms with E-state index in [9.17, 15) is 9.18 Å². The number of hydrogen-bond donors (Lipinski definition) is 1. The molecule has 0 aliphatic heterocycles. The largest absolute Gasteiger partial charge is 0.351 e. The number of benzene rings is 1. The molecule has 0 aliphatic rings. The number of fused-ring (bicyclic) bond motifs is 1. The monoisotopic (exact) mass is 393 g/mol. The summed E-state index contributed by atoms with van der Waals surface area (Å²) in [6, 6.07) is 9.66. The van der Waals surface area contributed by atoms with E-state index in [1.165, 1.54) is 23.0 Å². The van der Waals surface area contributed by atoms with Gasteiger partial charge in [0.2, 0.25) is 0 Å². The number of amides is 1. The second-order valence-corrected chi connectivity index (χ2v) is 6.60. The topological polar surface area (TPSA) is 90.0 Å². The Kier molecular flexibility index (Phi) is 5.28. The number of nitrogens with zero attached hydrogens (tertiary/aromatic N) is 6. The number of carbonyl (C=O) groups is 1. The van der Waals surface area contributed by atoms with E-state index >= 15 is 0 Å². The van der Waals surface area contributed by atoms with Gasteiger partial charge in [-0.1, -0.05) is 6.92 Å². The van der Waals surface area contributed by atoms with Crippen LogP contribution in [0.4, 0.5) is 4.39 Å². The summed E-state index contributed by atoms with van der Waals surface area (Å²) >= 11 is 0. The smallest absolute Gasteiger partial charge is 0.270 e. The van der Waals surface area contributed by atoms with E-state index in [-0.39, 0.29) is 17.8 Å². The van der Waals surface area contributed by atoms with Gasteiger partial charge in [0, 0.05) is 24.5 Å². The summed E-state index contributed by atoms with van der Waals surface area (Å²) < 4.78 is 16.5. The second-order valence-electron chi connectivity index (χ2n) is 6.60. The van der Waals surface area contributed by atoms with Crippen molar-refractivity contribution in [2.45, 2.75) is 25.8 Å². The van der Waals surface area contributed by atoms with Gasteiger partial charge in [-0.15, -0.1) is 0 Å². The Morgan fingerprint density at radius 1 is 1.24 bits per heavy atom. The molecule has 0 unspecified atom stereocenters. The predicted octanol–water partition coefficient (Wildman–Crippen LogP) is 2.90. The fourth-order valence-corrected chi connectivity index (χ4v) is 3.21. The molecule has 4 aromatic rings. The van der Waals surface area contributed by atoms with E-state index in [0.717, 1.165) is 12.8 Å². The number of hydrogen-bond acceptors (Lipinski definition) is 5. The first kappa shape index (κ1) is 18.7. The minimum Gasteiger partial charge on any atom is -0.351 e. The van der Waals surface area contributed by atoms with Gasteiger partial charge < -0.3 is 5.32 Å². The third kappa shape index (κ3) is 3.98. The Morgan fingerprint density at radius 3 is 2.79 bits per heavy atom. The van der Waals surface area contributed by atoms with Gasteiger partial charge in [0.15, 0.2) is 0 Å². The van der Waals surface area contributed by atoms with Gasteiger partial charge in [-0.2, -0.15) is 19.7 Å². The molecular weight excluding hydrogens is 373 g/mol. The lowest BCUT2D eigenvalue weighted by Gasteiger charge is -2.16. The molecule has 3 aromatic heterocycles. The first-order chi connectivity index (χ1) is 14.2. The molecule has 29 heavy (non-hydrogen) atoms. The van der Waals surface area contributed by atoms with E-state index in [1.54, 1.807) is 24.4 Å². The van der Waals surface area contributed by atoms with Crippen LogP contribution in [0.2, 0.25) is 0 Å². The van der Waals surface area contributed by atoms with E-state index in [4.69, 9.17) is 0 Å². The lowest BCUT2D eigenvalue weighted by Crippen LogP contribution is -2.28. The molecule has 9 heteroatoms. The average molecular weight is 393 g/mol. The van der Waals surface area contributed by atoms with Crippen molar-refractivity contribution < 1.29 is 9.18 Å². The van der Waals surface area contributed by atoms with Gasteiger partial charge in [0.05, 0.1) is 11.7 Å². The molecule has 1 N–H and O–H groups in total. The van der Waals surface area contributed by atoms with Crippen LogP contribution in [-0.2, 0) is 0 Å². The maximum absolute atomic E-state index is 13.2. The van der Waals surface area contributed by atoms with Crippen LogP contribution in [-0.4, -0.2) is 41.8 Å². The van der Waals surface area contributed by atoms with Crippen LogP contribution in [0.1, 0.15) is 36.3 Å². The first-order valence-electron chi connectivity index (χ1n) is 9.39. The number of halogens is 1. The predicted molar refractivity (Wildman–Crippen MR) is 105 cm³/mol. The van der Waals surface area contributed by atoms with Crippen molar-refractivity contribution in [2.24, 2.45) is 0 Å². The van der Waals surface area contributed by atoms with Crippen LogP contribution in [0.15, 0.2) is 55.1 Å². The number of rotatable bonds is 7. The van der Waals surface area contributed by atoms with Gasteiger partial charge in [-0.3, -0.25) is 9.48 Å². The van der Waals surface area contributed by atoms with Crippen LogP contribution < -0.4 is 5.32 Å². The summed E-state index contributed by atoms with van der Waals surface area (Å²) in [7, 11) is 0. The fourth-order valence-electron chi connectivity index (χ4n) is 3.21. The van der Waals surface area contributed by atoms with E-state index in [2.05, 4.69) is 32.4 Å². The van der Waals surface area contributed by atoms with E-state index < -0.39 is 0 Å². The van der Waals surface area contributed by atoms with E-state index in [1.807, 2.05) is 16.9 Å². The highest BCUT2D eigenvalue weighted by Crippen LogP contribution is 2.20. The normalized spacial score (nSPS) is 12.2. The van der Waals surface area contributed by atoms with Crippen LogP contribution in [0.25, 0.3) is 17.0 Å². The highest BCUT2D eigenvalue weighted by atomic mass is 19.1. The molecule has 0 spiro atoms. The van der Waals surface area contributed by atoms with E-state index in [0.29, 0.717) is 29.3 Å². The summed E-state index contributed by atoms with van der Waals surface area (Å²) in [5.41, 5.74) is 1.54. The first-order valence-corrected chi connectivity index (χ1v) is 9.39. The quantitative estimate of drug-likeness (QED) is 0.521. The highest BCUT2D eigenvalue weighted by Gasteiger charge is 2.16. The zero-order valence-electron chi connectivity index (χ0n) is 15.9. The minimum atomic E-state index is -0.335. The van der Waals surface area contributed by atoms with Gasteiger partial charge in [-0.05, 0) is 49.2 Å². The zero-order valence-corrected chi connectivity index (χ0v) is 15.9. The third-order valence-corrected chi connectivity index (χ3v) is 4.76. The summed E-state index contributed by atoms with van der Waals surface area (Å²) in [6.45, 7) is 2.58. The van der Waals surface area contributed by atoms with Crippen molar-refractivity contribution in [3.63, 3.8) is 0 Å². The maximum atomic E-state index is 13.2. The van der Waals surface area contributed by atoms with Gasteiger partial charge in [0.25, 0.3) is 11.7 Å². The van der Waals surface area contributed by atoms with Crippen molar-refractivity contribution in [3.05, 3.63) is 66.6 Å². The molecule has 3 heterocycles. The molecule has 0 aliphatic carbocycles. The van der Waals surface area contributed by atoms with Crippen LogP contribution in [0.3, 0.4) is 0 Å². The van der Waals surface area contributed by atoms with Crippen molar-refractivity contribution in [1.82, 2.24) is 34.7 Å². The van der Waals surface area contributed by atoms with Gasteiger partial charge >= 0.3 is 0 Å². The fraction of sp³-hybridized carbons (Fsp3) is 0.250. The van der Waals surface area contributed by atoms with Crippen molar-refractivity contribution >= 4 is 11.7 Å². The van der Waals surface area contributed by atoms with Gasteiger partial charge in [0.1, 0.15) is 17.8 Å². The molecule has 1 amide bonds. The zero-order chi connectivity index (χ0) is 20.2. The molecule has 4 rings (SSSR count). The average Bonchev–Trinajstić information content (AvgIpc) is 3.42. The summed E-state index contributed by atoms with van der Waals surface area (Å²) in [4.78, 5) is 21.3. The summed E-state index contributed by atoms with van der Waals surface area (Å²) in [6.07, 6.45) is 6.68. The molecule has 1 aromatic carbocycles. The van der Waals surface area contributed by atoms with Crippen molar-refractivity contribution in [1.29, 1.82) is 0 Å². The van der Waals surface area contributed by atoms with Crippen LogP contribution in [0.5, 0.6) is 0 Å². The lowest BCUT2D eigenvalue weighted by atomic mass is 10.1. The lowest BCUT2D eigenvalue weighted by molar-refractivity contribution is 0.0943. The van der Waals surface area contributed by atoms with Gasteiger partial charge in [-0.25, -0.2) is 9.37 Å². The Bertz CT molecular complexity index is 1110. The third-order valence-electron chi connectivity index (χ3n) is 4.76. The molecule has 0 bridgehead atoms. The Labute approximate surface area is 166 Å². The minimum absolute atomic E-state index is 0.212. The van der Waals surface area contributed by atoms with Crippen molar-refractivity contribution in [2.75, 3.05) is 6.54 Å². The number of carbonyl (C=O) groups excluding carboxylic acids is 1. The molecular formula is C20H20FN7O. The standard InChI is InChI=1S/C20H20FN7O/c1-2-16(27-11-3-9-24-27)8-10-22-19(29)18-12-17(14-4-6-15(21)7-5-14)26-20-23-13-25-28(18)20/h3-7,9,11-13,16H,2,8,10H2,1H3,(H,22,29)/t16-/m1/s1. The molecule has 0 saturated heterocycles. The maximum Gasteiger partial charge on any atom is 0.270 e. The Balaban J connectivity index is 1.53. The molecule has 148 valence electrons. The number of nitrogens with one attached hydrogen (secondary N) is 1.